The molecule has 2 nitrogen and oxygen atoms in total. The molecule has 0 spiro atoms. The van der Waals surface area contributed by atoms with Crippen molar-refractivity contribution >= 4 is 27.8 Å². The van der Waals surface area contributed by atoms with E-state index < -0.39 is 23.5 Å². The van der Waals surface area contributed by atoms with Crippen LogP contribution in [0.25, 0.3) is 6.08 Å². The highest BCUT2D eigenvalue weighted by molar-refractivity contribution is 9.10. The van der Waals surface area contributed by atoms with Gasteiger partial charge < -0.3 is 0 Å². The summed E-state index contributed by atoms with van der Waals surface area (Å²) in [6, 6.07) is 6.72. The molecule has 0 saturated carbocycles. The molecule has 0 heterocycles. The number of nitriles is 1. The van der Waals surface area contributed by atoms with Crippen LogP contribution in [0.4, 0.5) is 22.0 Å². The summed E-state index contributed by atoms with van der Waals surface area (Å²) in [5.74, 6) is -8.17. The summed E-state index contributed by atoms with van der Waals surface area (Å²) in [5.41, 5.74) is -1.12. The molecule has 0 atom stereocenters. The van der Waals surface area contributed by atoms with E-state index in [0.717, 1.165) is 6.07 Å². The van der Waals surface area contributed by atoms with Gasteiger partial charge in [0.15, 0.2) is 0 Å². The van der Waals surface area contributed by atoms with Crippen molar-refractivity contribution in [2.75, 3.05) is 0 Å². The molecule has 0 aliphatic carbocycles. The van der Waals surface area contributed by atoms with Crippen molar-refractivity contribution in [1.29, 1.82) is 5.26 Å². The van der Waals surface area contributed by atoms with Crippen LogP contribution in [0.2, 0.25) is 0 Å². The lowest BCUT2D eigenvalue weighted by Crippen LogP contribution is -2.44. The van der Waals surface area contributed by atoms with Crippen LogP contribution in [0.3, 0.4) is 0 Å². The third-order valence-corrected chi connectivity index (χ3v) is 2.72. The molecule has 1 rings (SSSR count). The molecule has 0 aliphatic heterocycles. The molecule has 0 amide bonds. The van der Waals surface area contributed by atoms with Crippen LogP contribution in [-0.2, 0) is 4.79 Å². The summed E-state index contributed by atoms with van der Waals surface area (Å²) >= 11 is 3.09. The lowest BCUT2D eigenvalue weighted by Gasteiger charge is -2.17. The highest BCUT2D eigenvalue weighted by atomic mass is 79.9. The van der Waals surface area contributed by atoms with Gasteiger partial charge in [-0.15, -0.1) is 0 Å². The van der Waals surface area contributed by atoms with Gasteiger partial charge in [0.2, 0.25) is 0 Å². The maximum absolute atomic E-state index is 12.9. The van der Waals surface area contributed by atoms with Gasteiger partial charge >= 0.3 is 12.1 Å². The summed E-state index contributed by atoms with van der Waals surface area (Å²) in [6.45, 7) is 0. The Hall–Kier alpha value is -1.75. The fourth-order valence-corrected chi connectivity index (χ4v) is 1.44. The largest absolute Gasteiger partial charge is 0.461 e. The number of alkyl halides is 5. The number of carbonyl (C=O) groups is 1. The first-order chi connectivity index (χ1) is 9.09. The molecule has 0 unspecified atom stereocenters. The summed E-state index contributed by atoms with van der Waals surface area (Å²) in [5, 5.41) is 8.59. The Balaban J connectivity index is 3.18. The molecular weight excluding hydrogens is 349 g/mol. The molecular formula is C12H5BrF5NO. The van der Waals surface area contributed by atoms with Crippen molar-refractivity contribution in [1.82, 2.24) is 0 Å². The van der Waals surface area contributed by atoms with Gasteiger partial charge in [0.05, 0.1) is 0 Å². The van der Waals surface area contributed by atoms with Gasteiger partial charge in [-0.25, -0.2) is 0 Å². The van der Waals surface area contributed by atoms with Crippen LogP contribution < -0.4 is 0 Å². The molecule has 0 aromatic heterocycles. The van der Waals surface area contributed by atoms with Crippen molar-refractivity contribution in [3.63, 3.8) is 0 Å². The monoisotopic (exact) mass is 353 g/mol. The summed E-state index contributed by atoms with van der Waals surface area (Å²) in [6.07, 6.45) is -5.37. The van der Waals surface area contributed by atoms with E-state index in [1.54, 1.807) is 0 Å². The second-order valence-electron chi connectivity index (χ2n) is 3.62. The SMILES string of the molecule is N#C/C(=C\c1ccc(Br)cc1)C(=O)C(F)(F)C(F)(F)F. The van der Waals surface area contributed by atoms with E-state index in [4.69, 9.17) is 5.26 Å². The molecule has 8 heteroatoms. The van der Waals surface area contributed by atoms with Gasteiger partial charge in [0.1, 0.15) is 11.6 Å². The Morgan fingerprint density at radius 3 is 2.05 bits per heavy atom. The fraction of sp³-hybridized carbons (Fsp3) is 0.167. The number of hydrogen-bond acceptors (Lipinski definition) is 2. The number of halogens is 6. The first-order valence-corrected chi connectivity index (χ1v) is 5.75. The minimum Gasteiger partial charge on any atom is -0.286 e. The van der Waals surface area contributed by atoms with Gasteiger partial charge in [-0.2, -0.15) is 27.2 Å². The summed E-state index contributed by atoms with van der Waals surface area (Å²) in [7, 11) is 0. The number of carbonyl (C=O) groups excluding carboxylic acids is 1. The minimum absolute atomic E-state index is 0.149. The van der Waals surface area contributed by atoms with E-state index in [-0.39, 0.29) is 5.56 Å². The average Bonchev–Trinajstić information content (AvgIpc) is 2.36. The topological polar surface area (TPSA) is 40.9 Å². The van der Waals surface area contributed by atoms with Gasteiger partial charge in [-0.3, -0.25) is 4.79 Å². The molecule has 0 aliphatic rings. The fourth-order valence-electron chi connectivity index (χ4n) is 1.17. The van der Waals surface area contributed by atoms with Crippen molar-refractivity contribution in [2.24, 2.45) is 0 Å². The quantitative estimate of drug-likeness (QED) is 0.466. The third kappa shape index (κ3) is 3.42. The van der Waals surface area contributed by atoms with Gasteiger partial charge in [0, 0.05) is 4.47 Å². The maximum atomic E-state index is 12.9. The maximum Gasteiger partial charge on any atom is 0.461 e. The Kier molecular flexibility index (Phi) is 4.65. The molecule has 20 heavy (non-hydrogen) atoms. The second-order valence-corrected chi connectivity index (χ2v) is 4.54. The number of ketones is 1. The van der Waals surface area contributed by atoms with E-state index in [2.05, 4.69) is 15.9 Å². The van der Waals surface area contributed by atoms with Crippen LogP contribution in [0.15, 0.2) is 34.3 Å². The Morgan fingerprint density at radius 1 is 1.15 bits per heavy atom. The molecule has 1 aromatic carbocycles. The van der Waals surface area contributed by atoms with E-state index in [9.17, 15) is 26.7 Å². The first kappa shape index (κ1) is 16.3. The van der Waals surface area contributed by atoms with E-state index in [1.807, 2.05) is 0 Å². The summed E-state index contributed by atoms with van der Waals surface area (Å²) < 4.78 is 62.5. The van der Waals surface area contributed by atoms with Gasteiger partial charge in [0.25, 0.3) is 5.78 Å². The molecule has 0 N–H and O–H groups in total. The smallest absolute Gasteiger partial charge is 0.286 e. The minimum atomic E-state index is -6.04. The zero-order chi connectivity index (χ0) is 15.6. The molecule has 0 fully saturated rings. The van der Waals surface area contributed by atoms with E-state index in [1.165, 1.54) is 24.3 Å². The van der Waals surface area contributed by atoms with Crippen molar-refractivity contribution < 1.29 is 26.7 Å². The number of nitrogens with zero attached hydrogens (tertiary/aromatic N) is 1. The number of rotatable bonds is 3. The molecule has 106 valence electrons. The number of hydrogen-bond donors (Lipinski definition) is 0. The zero-order valence-electron chi connectivity index (χ0n) is 9.51. The lowest BCUT2D eigenvalue weighted by atomic mass is 10.0. The summed E-state index contributed by atoms with van der Waals surface area (Å²) in [4.78, 5) is 11.1. The predicted octanol–water partition coefficient (Wildman–Crippen LogP) is 4.12. The molecule has 1 aromatic rings. The Labute approximate surface area is 118 Å². The van der Waals surface area contributed by atoms with Crippen LogP contribution in [-0.4, -0.2) is 17.9 Å². The zero-order valence-corrected chi connectivity index (χ0v) is 11.1. The Morgan fingerprint density at radius 2 is 1.65 bits per heavy atom. The van der Waals surface area contributed by atoms with Gasteiger partial charge in [-0.05, 0) is 23.8 Å². The van der Waals surface area contributed by atoms with Crippen molar-refractivity contribution in [3.05, 3.63) is 39.9 Å². The lowest BCUT2D eigenvalue weighted by molar-refractivity contribution is -0.266. The number of benzene rings is 1. The van der Waals surface area contributed by atoms with E-state index in [0.29, 0.717) is 10.5 Å². The number of Topliss-reactive ketones (excluding diaryl/α,β-unsaturated/α-hetero) is 1. The normalized spacial score (nSPS) is 12.9. The highest BCUT2D eigenvalue weighted by Crippen LogP contribution is 2.38. The van der Waals surface area contributed by atoms with Crippen molar-refractivity contribution in [2.45, 2.75) is 12.1 Å². The average molecular weight is 354 g/mol. The first-order valence-electron chi connectivity index (χ1n) is 4.96. The van der Waals surface area contributed by atoms with Crippen LogP contribution in [0.1, 0.15) is 5.56 Å². The van der Waals surface area contributed by atoms with Crippen molar-refractivity contribution in [3.8, 4) is 6.07 Å². The third-order valence-electron chi connectivity index (χ3n) is 2.19. The standard InChI is InChI=1S/C12H5BrF5NO/c13-9-3-1-7(2-4-9)5-8(6-19)10(20)11(14,15)12(16,17)18/h1-5H/b8-5+. The van der Waals surface area contributed by atoms with E-state index >= 15 is 0 Å². The molecule has 0 radical (unpaired) electrons. The highest BCUT2D eigenvalue weighted by Gasteiger charge is 2.63. The van der Waals surface area contributed by atoms with Crippen LogP contribution >= 0.6 is 15.9 Å². The molecule has 0 saturated heterocycles. The van der Waals surface area contributed by atoms with Crippen LogP contribution in [0.5, 0.6) is 0 Å². The molecule has 0 bridgehead atoms. The Bertz CT molecular complexity index is 583. The van der Waals surface area contributed by atoms with Gasteiger partial charge in [-0.1, -0.05) is 28.1 Å². The van der Waals surface area contributed by atoms with Crippen LogP contribution in [0, 0.1) is 11.3 Å². The predicted molar refractivity (Wildman–Crippen MR) is 63.7 cm³/mol. The second kappa shape index (κ2) is 5.71. The number of allylic oxidation sites excluding steroid dienone is 1.